The van der Waals surface area contributed by atoms with Gasteiger partial charge in [-0.25, -0.2) is 0 Å². The van der Waals surface area contributed by atoms with E-state index in [2.05, 4.69) is 4.98 Å². The zero-order valence-corrected chi connectivity index (χ0v) is 17.7. The van der Waals surface area contributed by atoms with Gasteiger partial charge in [0.15, 0.2) is 0 Å². The molecule has 1 atom stereocenters. The lowest BCUT2D eigenvalue weighted by atomic mass is 9.90. The van der Waals surface area contributed by atoms with Crippen LogP contribution in [-0.2, 0) is 9.59 Å². The van der Waals surface area contributed by atoms with Crippen LogP contribution in [0, 0.1) is 5.41 Å². The lowest BCUT2D eigenvalue weighted by molar-refractivity contribution is -0.137. The van der Waals surface area contributed by atoms with E-state index in [0.29, 0.717) is 12.2 Å². The molecule has 4 rings (SSSR count). The van der Waals surface area contributed by atoms with Crippen LogP contribution in [0.3, 0.4) is 0 Å². The smallest absolute Gasteiger partial charge is 0.242 e. The number of hydrogen-bond acceptors (Lipinski definition) is 4. The molecule has 0 spiro atoms. The molecule has 6 heteroatoms. The van der Waals surface area contributed by atoms with Crippen LogP contribution in [0.25, 0.3) is 10.9 Å². The van der Waals surface area contributed by atoms with Crippen LogP contribution in [-0.4, -0.2) is 30.4 Å². The number of amides is 2. The van der Waals surface area contributed by atoms with Gasteiger partial charge in [-0.1, -0.05) is 24.3 Å². The summed E-state index contributed by atoms with van der Waals surface area (Å²) >= 11 is 0. The highest BCUT2D eigenvalue weighted by Crippen LogP contribution is 2.40. The lowest BCUT2D eigenvalue weighted by Crippen LogP contribution is -2.47. The quantitative estimate of drug-likeness (QED) is 0.679. The van der Waals surface area contributed by atoms with Crippen molar-refractivity contribution in [1.29, 1.82) is 0 Å². The number of rotatable bonds is 3. The first-order chi connectivity index (χ1) is 14.3. The van der Waals surface area contributed by atoms with Gasteiger partial charge < -0.3 is 15.5 Å². The number of benzene rings is 2. The van der Waals surface area contributed by atoms with E-state index >= 15 is 0 Å². The van der Waals surface area contributed by atoms with Crippen molar-refractivity contribution in [1.82, 2.24) is 4.98 Å². The molecule has 1 aliphatic rings. The third-order valence-corrected chi connectivity index (χ3v) is 5.96. The highest BCUT2D eigenvalue weighted by Gasteiger charge is 2.45. The molecule has 0 saturated carbocycles. The number of nitrogens with two attached hydrogens (primary N) is 1. The highest BCUT2D eigenvalue weighted by molar-refractivity contribution is 6.19. The summed E-state index contributed by atoms with van der Waals surface area (Å²) in [6.07, 6.45) is 1.76. The Bertz CT molecular complexity index is 1150. The molecule has 0 bridgehead atoms. The van der Waals surface area contributed by atoms with Gasteiger partial charge in [-0.3, -0.25) is 14.6 Å². The number of nitrogens with zero attached hydrogens (tertiary/aromatic N) is 3. The van der Waals surface area contributed by atoms with E-state index in [-0.39, 0.29) is 11.8 Å². The summed E-state index contributed by atoms with van der Waals surface area (Å²) < 4.78 is 0. The minimum Gasteiger partial charge on any atom is -0.320 e. The molecule has 0 saturated heterocycles. The van der Waals surface area contributed by atoms with E-state index in [1.807, 2.05) is 55.5 Å². The second kappa shape index (κ2) is 7.22. The van der Waals surface area contributed by atoms with Crippen molar-refractivity contribution in [3.8, 4) is 0 Å². The van der Waals surface area contributed by atoms with Crippen molar-refractivity contribution in [3.05, 3.63) is 65.9 Å². The Labute approximate surface area is 176 Å². The van der Waals surface area contributed by atoms with Crippen LogP contribution in [0.2, 0.25) is 0 Å². The van der Waals surface area contributed by atoms with Gasteiger partial charge in [-0.05, 0) is 56.2 Å². The fourth-order valence-electron chi connectivity index (χ4n) is 4.19. The van der Waals surface area contributed by atoms with E-state index in [9.17, 15) is 9.59 Å². The molecule has 1 unspecified atom stereocenters. The molecule has 0 radical (unpaired) electrons. The van der Waals surface area contributed by atoms with E-state index in [0.717, 1.165) is 27.7 Å². The maximum atomic E-state index is 13.1. The number of carbonyl (C=O) groups is 2. The SMILES string of the molecule is CCN1C(=O)C(C)(C)C(=O)N(C)c2cc(C(N)c3cccc4ncccc34)ccc21. The first-order valence-corrected chi connectivity index (χ1v) is 10.1. The third kappa shape index (κ3) is 2.95. The first-order valence-electron chi connectivity index (χ1n) is 10.1. The molecule has 6 nitrogen and oxygen atoms in total. The van der Waals surface area contributed by atoms with Gasteiger partial charge in [0.1, 0.15) is 5.41 Å². The number of aromatic nitrogens is 1. The number of pyridine rings is 1. The largest absolute Gasteiger partial charge is 0.320 e. The summed E-state index contributed by atoms with van der Waals surface area (Å²) in [6.45, 7) is 5.75. The summed E-state index contributed by atoms with van der Waals surface area (Å²) in [7, 11) is 1.71. The van der Waals surface area contributed by atoms with Gasteiger partial charge >= 0.3 is 0 Å². The molecule has 2 amide bonds. The van der Waals surface area contributed by atoms with Gasteiger partial charge in [-0.2, -0.15) is 0 Å². The second-order valence-electron chi connectivity index (χ2n) is 8.18. The molecule has 2 heterocycles. The predicted octanol–water partition coefficient (Wildman–Crippen LogP) is 3.64. The average Bonchev–Trinajstić information content (AvgIpc) is 2.81. The summed E-state index contributed by atoms with van der Waals surface area (Å²) in [5, 5.41) is 0.998. The molecular formula is C24H26N4O2. The molecule has 1 aromatic heterocycles. The number of anilines is 2. The van der Waals surface area contributed by atoms with Crippen molar-refractivity contribution >= 4 is 34.1 Å². The van der Waals surface area contributed by atoms with Crippen LogP contribution in [0.1, 0.15) is 37.9 Å². The predicted molar refractivity (Wildman–Crippen MR) is 119 cm³/mol. The Balaban J connectivity index is 1.85. The minimum absolute atomic E-state index is 0.197. The Morgan fingerprint density at radius 1 is 1.03 bits per heavy atom. The molecule has 154 valence electrons. The maximum Gasteiger partial charge on any atom is 0.242 e. The van der Waals surface area contributed by atoms with Gasteiger partial charge in [0.2, 0.25) is 11.8 Å². The standard InChI is InChI=1S/C24H26N4O2/c1-5-28-19-12-11-15(14-20(19)27(4)22(29)24(2,3)23(28)30)21(25)17-8-6-10-18-16(17)9-7-13-26-18/h6-14,21H,5,25H2,1-4H3. The van der Waals surface area contributed by atoms with Crippen molar-refractivity contribution in [2.24, 2.45) is 11.1 Å². The molecular weight excluding hydrogens is 376 g/mol. The van der Waals surface area contributed by atoms with Crippen LogP contribution < -0.4 is 15.5 Å². The van der Waals surface area contributed by atoms with Crippen molar-refractivity contribution in [3.63, 3.8) is 0 Å². The van der Waals surface area contributed by atoms with Crippen molar-refractivity contribution in [2.45, 2.75) is 26.8 Å². The third-order valence-electron chi connectivity index (χ3n) is 5.96. The Hall–Kier alpha value is -3.25. The van der Waals surface area contributed by atoms with Gasteiger partial charge in [-0.15, -0.1) is 0 Å². The summed E-state index contributed by atoms with van der Waals surface area (Å²) in [5.74, 6) is -0.428. The molecule has 1 aliphatic heterocycles. The van der Waals surface area contributed by atoms with E-state index < -0.39 is 11.5 Å². The van der Waals surface area contributed by atoms with Crippen LogP contribution in [0.4, 0.5) is 11.4 Å². The molecule has 0 fully saturated rings. The maximum absolute atomic E-state index is 13.1. The number of hydrogen-bond donors (Lipinski definition) is 1. The molecule has 2 aromatic carbocycles. The summed E-state index contributed by atoms with van der Waals surface area (Å²) in [4.78, 5) is 33.8. The fraction of sp³-hybridized carbons (Fsp3) is 0.292. The van der Waals surface area contributed by atoms with Crippen LogP contribution in [0.15, 0.2) is 54.7 Å². The molecule has 0 aliphatic carbocycles. The summed E-state index contributed by atoms with van der Waals surface area (Å²) in [6, 6.07) is 15.2. The highest BCUT2D eigenvalue weighted by atomic mass is 16.2. The van der Waals surface area contributed by atoms with Gasteiger partial charge in [0.05, 0.1) is 22.9 Å². The first kappa shape index (κ1) is 20.0. The normalized spacial score (nSPS) is 17.1. The lowest BCUT2D eigenvalue weighted by Gasteiger charge is -2.27. The number of carbonyl (C=O) groups excluding carboxylic acids is 2. The molecule has 30 heavy (non-hydrogen) atoms. The fourth-order valence-corrected chi connectivity index (χ4v) is 4.19. The van der Waals surface area contributed by atoms with Gasteiger partial charge in [0.25, 0.3) is 0 Å². The van der Waals surface area contributed by atoms with Gasteiger partial charge in [0, 0.05) is 25.2 Å². The Kier molecular flexibility index (Phi) is 4.82. The second-order valence-corrected chi connectivity index (χ2v) is 8.18. The van der Waals surface area contributed by atoms with Crippen LogP contribution in [0.5, 0.6) is 0 Å². The zero-order valence-electron chi connectivity index (χ0n) is 17.7. The van der Waals surface area contributed by atoms with Crippen molar-refractivity contribution < 1.29 is 9.59 Å². The van der Waals surface area contributed by atoms with E-state index in [4.69, 9.17) is 5.73 Å². The Morgan fingerprint density at radius 3 is 2.53 bits per heavy atom. The monoisotopic (exact) mass is 402 g/mol. The molecule has 3 aromatic rings. The zero-order chi connectivity index (χ0) is 21.6. The number of fused-ring (bicyclic) bond motifs is 2. The van der Waals surface area contributed by atoms with Crippen molar-refractivity contribution in [2.75, 3.05) is 23.4 Å². The average molecular weight is 402 g/mol. The summed E-state index contributed by atoms with van der Waals surface area (Å²) in [5.41, 5.74) is 9.67. The minimum atomic E-state index is -1.13. The van der Waals surface area contributed by atoms with E-state index in [1.54, 1.807) is 36.9 Å². The van der Waals surface area contributed by atoms with E-state index in [1.165, 1.54) is 0 Å². The topological polar surface area (TPSA) is 79.5 Å². The Morgan fingerprint density at radius 2 is 1.80 bits per heavy atom. The molecule has 2 N–H and O–H groups in total. The van der Waals surface area contributed by atoms with Crippen LogP contribution >= 0.6 is 0 Å².